The molecule has 3 aromatic rings. The first-order chi connectivity index (χ1) is 13.3. The fraction of sp³-hybridized carbons (Fsp3) is 0.364. The van der Waals surface area contributed by atoms with E-state index in [1.54, 1.807) is 18.4 Å². The molecule has 1 amide bonds. The summed E-state index contributed by atoms with van der Waals surface area (Å²) in [6.45, 7) is 8.36. The van der Waals surface area contributed by atoms with Gasteiger partial charge < -0.3 is 10.6 Å². The van der Waals surface area contributed by atoms with Crippen molar-refractivity contribution in [3.8, 4) is 0 Å². The smallest absolute Gasteiger partial charge is 0.229 e. The highest BCUT2D eigenvalue weighted by Gasteiger charge is 2.17. The lowest BCUT2D eigenvalue weighted by Crippen LogP contribution is -2.38. The lowest BCUT2D eigenvalue weighted by atomic mass is 9.95. The van der Waals surface area contributed by atoms with Gasteiger partial charge in [-0.15, -0.1) is 11.3 Å². The molecule has 0 radical (unpaired) electrons. The summed E-state index contributed by atoms with van der Waals surface area (Å²) in [5, 5.41) is 9.93. The Morgan fingerprint density at radius 3 is 2.32 bits per heavy atom. The minimum atomic E-state index is -0.222. The lowest BCUT2D eigenvalue weighted by Gasteiger charge is -2.21. The fourth-order valence-corrected chi connectivity index (χ4v) is 4.59. The van der Waals surface area contributed by atoms with Crippen molar-refractivity contribution in [2.24, 2.45) is 5.73 Å². The molecule has 6 heteroatoms. The maximum Gasteiger partial charge on any atom is 0.229 e. The van der Waals surface area contributed by atoms with Crippen molar-refractivity contribution in [2.45, 2.75) is 33.1 Å². The van der Waals surface area contributed by atoms with Gasteiger partial charge in [-0.1, -0.05) is 13.0 Å². The Balaban J connectivity index is 1.97. The third-order valence-electron chi connectivity index (χ3n) is 5.39. The molecule has 1 aromatic heterocycles. The first-order valence-electron chi connectivity index (χ1n) is 9.67. The van der Waals surface area contributed by atoms with Crippen LogP contribution in [0.5, 0.6) is 0 Å². The van der Waals surface area contributed by atoms with Gasteiger partial charge in [0.1, 0.15) is 0 Å². The number of thiophene rings is 1. The van der Waals surface area contributed by atoms with Gasteiger partial charge in [-0.3, -0.25) is 15.1 Å². The molecular formula is C22H28N4OS. The van der Waals surface area contributed by atoms with E-state index in [4.69, 9.17) is 11.1 Å². The van der Waals surface area contributed by atoms with Crippen LogP contribution < -0.4 is 10.6 Å². The van der Waals surface area contributed by atoms with E-state index in [9.17, 15) is 4.79 Å². The molecule has 5 nitrogen and oxygen atoms in total. The molecule has 1 heterocycles. The number of anilines is 1. The van der Waals surface area contributed by atoms with Crippen molar-refractivity contribution < 1.29 is 4.79 Å². The van der Waals surface area contributed by atoms with Crippen molar-refractivity contribution in [3.05, 3.63) is 42.0 Å². The maximum absolute atomic E-state index is 12.3. The molecular weight excluding hydrogens is 368 g/mol. The number of carbonyl (C=O) groups is 1. The van der Waals surface area contributed by atoms with Gasteiger partial charge in [0.2, 0.25) is 5.91 Å². The van der Waals surface area contributed by atoms with Gasteiger partial charge in [0, 0.05) is 52.4 Å². The first kappa shape index (κ1) is 20.1. The van der Waals surface area contributed by atoms with Crippen molar-refractivity contribution in [3.63, 3.8) is 0 Å². The second-order valence-corrected chi connectivity index (χ2v) is 8.24. The average Bonchev–Trinajstić information content (AvgIpc) is 3.05. The van der Waals surface area contributed by atoms with Crippen LogP contribution in [0.1, 0.15) is 38.7 Å². The zero-order chi connectivity index (χ0) is 20.4. The van der Waals surface area contributed by atoms with Crippen molar-refractivity contribution in [2.75, 3.05) is 25.0 Å². The topological polar surface area (TPSA) is 73.4 Å². The molecule has 148 valence electrons. The monoisotopic (exact) mass is 396 g/mol. The van der Waals surface area contributed by atoms with E-state index in [-0.39, 0.29) is 17.8 Å². The van der Waals surface area contributed by atoms with E-state index in [2.05, 4.69) is 55.1 Å². The van der Waals surface area contributed by atoms with Crippen LogP contribution in [0.15, 0.2) is 36.4 Å². The number of hydrogen-bond acceptors (Lipinski definition) is 4. The van der Waals surface area contributed by atoms with E-state index in [1.807, 2.05) is 6.92 Å². The number of benzene rings is 2. The van der Waals surface area contributed by atoms with Gasteiger partial charge in [0.15, 0.2) is 5.96 Å². The van der Waals surface area contributed by atoms with Crippen LogP contribution >= 0.6 is 11.3 Å². The van der Waals surface area contributed by atoms with Gasteiger partial charge in [-0.05, 0) is 55.7 Å². The Labute approximate surface area is 170 Å². The highest BCUT2D eigenvalue weighted by molar-refractivity contribution is 7.25. The van der Waals surface area contributed by atoms with Gasteiger partial charge in [0.05, 0.1) is 0 Å². The second-order valence-electron chi connectivity index (χ2n) is 7.15. The third kappa shape index (κ3) is 3.83. The number of guanidine groups is 1. The highest BCUT2D eigenvalue weighted by atomic mass is 32.1. The highest BCUT2D eigenvalue weighted by Crippen LogP contribution is 2.37. The number of carbonyl (C=O) groups excluding carboxylic acids is 1. The second kappa shape index (κ2) is 8.19. The summed E-state index contributed by atoms with van der Waals surface area (Å²) < 4.78 is 2.54. The van der Waals surface area contributed by atoms with Crippen LogP contribution in [0.25, 0.3) is 20.2 Å². The molecule has 28 heavy (non-hydrogen) atoms. The first-order valence-corrected chi connectivity index (χ1v) is 10.5. The van der Waals surface area contributed by atoms with Crippen molar-refractivity contribution >= 4 is 49.1 Å². The van der Waals surface area contributed by atoms with E-state index in [1.165, 1.54) is 30.8 Å². The SMILES string of the molecule is CCN(CC)c1ccc2sc3ccc([C@H](C)CC(=O)N(C)C(=N)N)cc3c2c1. The number of amides is 1. The van der Waals surface area contributed by atoms with Crippen LogP contribution in [0.4, 0.5) is 5.69 Å². The molecule has 0 unspecified atom stereocenters. The number of fused-ring (bicyclic) bond motifs is 3. The number of hydrogen-bond donors (Lipinski definition) is 2. The van der Waals surface area contributed by atoms with E-state index >= 15 is 0 Å². The van der Waals surface area contributed by atoms with Gasteiger partial charge in [0.25, 0.3) is 0 Å². The summed E-state index contributed by atoms with van der Waals surface area (Å²) >= 11 is 1.80. The van der Waals surface area contributed by atoms with Crippen LogP contribution in [0.2, 0.25) is 0 Å². The molecule has 3 rings (SSSR count). The Bertz CT molecular complexity index is 1020. The van der Waals surface area contributed by atoms with Crippen LogP contribution in [-0.2, 0) is 4.79 Å². The van der Waals surface area contributed by atoms with Crippen LogP contribution in [0, 0.1) is 5.41 Å². The summed E-state index contributed by atoms with van der Waals surface area (Å²) in [7, 11) is 1.54. The Hall–Kier alpha value is -2.60. The van der Waals surface area contributed by atoms with Gasteiger partial charge in [-0.25, -0.2) is 0 Å². The quantitative estimate of drug-likeness (QED) is 0.467. The van der Waals surface area contributed by atoms with Crippen LogP contribution in [-0.4, -0.2) is 36.9 Å². The standard InChI is InChI=1S/C22H28N4OS/c1-5-26(6-2)16-8-10-20-18(13-16)17-12-15(7-9-19(17)28-20)14(3)11-21(27)25(4)22(23)24/h7-10,12-14H,5-6,11H2,1-4H3,(H3,23,24)/t14-/m1/s1. The van der Waals surface area contributed by atoms with E-state index in [0.29, 0.717) is 6.42 Å². The molecule has 0 fully saturated rings. The molecule has 1 atom stereocenters. The molecule has 3 N–H and O–H groups in total. The van der Waals surface area contributed by atoms with Gasteiger partial charge in [-0.2, -0.15) is 0 Å². The summed E-state index contributed by atoms with van der Waals surface area (Å²) in [6.07, 6.45) is 0.328. The lowest BCUT2D eigenvalue weighted by molar-refractivity contribution is -0.126. The molecule has 0 saturated heterocycles. The summed E-state index contributed by atoms with van der Waals surface area (Å²) in [5.41, 5.74) is 7.80. The molecule has 0 saturated carbocycles. The van der Waals surface area contributed by atoms with Crippen LogP contribution in [0.3, 0.4) is 0 Å². The third-order valence-corrected chi connectivity index (χ3v) is 6.54. The molecule has 0 aliphatic rings. The summed E-state index contributed by atoms with van der Waals surface area (Å²) in [4.78, 5) is 15.8. The van der Waals surface area contributed by atoms with Crippen molar-refractivity contribution in [1.82, 2.24) is 4.90 Å². The number of rotatable bonds is 6. The molecule has 0 spiro atoms. The predicted molar refractivity (Wildman–Crippen MR) is 121 cm³/mol. The summed E-state index contributed by atoms with van der Waals surface area (Å²) in [6, 6.07) is 13.2. The number of nitrogens with zero attached hydrogens (tertiary/aromatic N) is 2. The Morgan fingerprint density at radius 2 is 1.71 bits per heavy atom. The minimum Gasteiger partial charge on any atom is -0.372 e. The van der Waals surface area contributed by atoms with E-state index < -0.39 is 0 Å². The number of nitrogens with two attached hydrogens (primary N) is 1. The Morgan fingerprint density at radius 1 is 1.11 bits per heavy atom. The maximum atomic E-state index is 12.3. The molecule has 2 aromatic carbocycles. The van der Waals surface area contributed by atoms with Gasteiger partial charge >= 0.3 is 0 Å². The average molecular weight is 397 g/mol. The fourth-order valence-electron chi connectivity index (χ4n) is 3.53. The molecule has 0 aliphatic carbocycles. The molecule has 0 aliphatic heterocycles. The Kier molecular flexibility index (Phi) is 5.89. The minimum absolute atomic E-state index is 0.0552. The van der Waals surface area contributed by atoms with Crippen molar-refractivity contribution in [1.29, 1.82) is 5.41 Å². The zero-order valence-electron chi connectivity index (χ0n) is 17.0. The normalized spacial score (nSPS) is 12.3. The van der Waals surface area contributed by atoms with E-state index in [0.717, 1.165) is 18.7 Å². The molecule has 0 bridgehead atoms. The number of nitrogens with one attached hydrogen (secondary N) is 1. The zero-order valence-corrected chi connectivity index (χ0v) is 17.8. The summed E-state index contributed by atoms with van der Waals surface area (Å²) in [5.74, 6) is -0.306. The predicted octanol–water partition coefficient (Wildman–Crippen LogP) is 4.75. The largest absolute Gasteiger partial charge is 0.372 e.